The van der Waals surface area contributed by atoms with E-state index in [4.69, 9.17) is 4.99 Å². The SMILES string of the molecule is O=c1[nH]ccc2[nH]c(CC3=Nc4ncccc4Cc4cccnc43)nc12. The summed E-state index contributed by atoms with van der Waals surface area (Å²) in [7, 11) is 0. The van der Waals surface area contributed by atoms with E-state index in [-0.39, 0.29) is 5.56 Å². The summed E-state index contributed by atoms with van der Waals surface area (Å²) in [6.45, 7) is 0. The highest BCUT2D eigenvalue weighted by Crippen LogP contribution is 2.26. The van der Waals surface area contributed by atoms with E-state index in [1.165, 1.54) is 0 Å². The summed E-state index contributed by atoms with van der Waals surface area (Å²) in [6.07, 6.45) is 6.28. The molecule has 0 fully saturated rings. The van der Waals surface area contributed by atoms with E-state index in [2.05, 4.69) is 31.0 Å². The first-order valence-electron chi connectivity index (χ1n) is 8.30. The Labute approximate surface area is 147 Å². The van der Waals surface area contributed by atoms with Crippen LogP contribution in [0.15, 0.2) is 58.7 Å². The van der Waals surface area contributed by atoms with Gasteiger partial charge in [-0.1, -0.05) is 12.1 Å². The number of aromatic nitrogens is 5. The summed E-state index contributed by atoms with van der Waals surface area (Å²) in [5.74, 6) is 1.38. The largest absolute Gasteiger partial charge is 0.341 e. The van der Waals surface area contributed by atoms with E-state index < -0.39 is 0 Å². The van der Waals surface area contributed by atoms with Gasteiger partial charge in [-0.2, -0.15) is 0 Å². The number of aromatic amines is 2. The van der Waals surface area contributed by atoms with Crippen LogP contribution in [-0.4, -0.2) is 30.6 Å². The van der Waals surface area contributed by atoms with Gasteiger partial charge in [-0.05, 0) is 23.8 Å². The molecule has 0 aliphatic carbocycles. The molecule has 0 unspecified atom stereocenters. The lowest BCUT2D eigenvalue weighted by Gasteiger charge is -2.06. The van der Waals surface area contributed by atoms with Gasteiger partial charge in [-0.25, -0.2) is 15.0 Å². The average molecular weight is 342 g/mol. The first-order chi connectivity index (χ1) is 12.8. The number of fused-ring (bicyclic) bond motifs is 3. The molecule has 7 nitrogen and oxygen atoms in total. The Morgan fingerprint density at radius 3 is 2.77 bits per heavy atom. The summed E-state index contributed by atoms with van der Waals surface area (Å²) in [5, 5.41) is 0. The molecule has 1 aliphatic heterocycles. The Balaban J connectivity index is 1.65. The number of H-pyrrole nitrogens is 2. The Morgan fingerprint density at radius 2 is 1.88 bits per heavy atom. The van der Waals surface area contributed by atoms with E-state index in [9.17, 15) is 4.79 Å². The minimum absolute atomic E-state index is 0.210. The zero-order chi connectivity index (χ0) is 17.5. The summed E-state index contributed by atoms with van der Waals surface area (Å²) >= 11 is 0. The van der Waals surface area contributed by atoms with Crippen LogP contribution in [0.25, 0.3) is 11.0 Å². The fraction of sp³-hybridized carbons (Fsp3) is 0.105. The smallest absolute Gasteiger partial charge is 0.276 e. The number of rotatable bonds is 2. The highest BCUT2D eigenvalue weighted by molar-refractivity contribution is 6.03. The summed E-state index contributed by atoms with van der Waals surface area (Å²) in [6, 6.07) is 9.74. The number of nitrogens with one attached hydrogen (secondary N) is 2. The molecule has 4 aromatic rings. The highest BCUT2D eigenvalue weighted by atomic mass is 16.1. The molecule has 0 bridgehead atoms. The lowest BCUT2D eigenvalue weighted by Crippen LogP contribution is -2.11. The van der Waals surface area contributed by atoms with Gasteiger partial charge in [0, 0.05) is 30.6 Å². The fourth-order valence-corrected chi connectivity index (χ4v) is 3.26. The topological polar surface area (TPSA) is 99.7 Å². The van der Waals surface area contributed by atoms with Crippen molar-refractivity contribution in [1.29, 1.82) is 0 Å². The van der Waals surface area contributed by atoms with E-state index in [1.807, 2.05) is 18.2 Å². The van der Waals surface area contributed by atoms with Crippen molar-refractivity contribution in [2.24, 2.45) is 4.99 Å². The maximum atomic E-state index is 11.9. The first-order valence-corrected chi connectivity index (χ1v) is 8.30. The molecule has 0 atom stereocenters. The van der Waals surface area contributed by atoms with Crippen LogP contribution in [0.4, 0.5) is 5.82 Å². The lowest BCUT2D eigenvalue weighted by molar-refractivity contribution is 1.08. The monoisotopic (exact) mass is 342 g/mol. The lowest BCUT2D eigenvalue weighted by atomic mass is 10.0. The molecule has 7 heteroatoms. The van der Waals surface area contributed by atoms with Gasteiger partial charge >= 0.3 is 0 Å². The Bertz CT molecular complexity index is 1220. The minimum Gasteiger partial charge on any atom is -0.341 e. The van der Waals surface area contributed by atoms with E-state index in [1.54, 1.807) is 24.7 Å². The molecule has 0 aromatic carbocycles. The van der Waals surface area contributed by atoms with Crippen molar-refractivity contribution in [3.8, 4) is 0 Å². The van der Waals surface area contributed by atoms with Crippen molar-refractivity contribution in [3.05, 3.63) is 81.9 Å². The maximum absolute atomic E-state index is 11.9. The van der Waals surface area contributed by atoms with Crippen molar-refractivity contribution in [2.75, 3.05) is 0 Å². The summed E-state index contributed by atoms with van der Waals surface area (Å²) < 4.78 is 0. The van der Waals surface area contributed by atoms with Crippen LogP contribution in [0.2, 0.25) is 0 Å². The minimum atomic E-state index is -0.210. The number of imidazole rings is 1. The van der Waals surface area contributed by atoms with Crippen LogP contribution in [0.3, 0.4) is 0 Å². The second-order valence-corrected chi connectivity index (χ2v) is 6.16. The second kappa shape index (κ2) is 5.73. The molecule has 5 rings (SSSR count). The molecule has 1 aliphatic rings. The van der Waals surface area contributed by atoms with Crippen LogP contribution in [0.5, 0.6) is 0 Å². The number of hydrogen-bond donors (Lipinski definition) is 2. The molecule has 0 saturated heterocycles. The molecule has 5 heterocycles. The van der Waals surface area contributed by atoms with Gasteiger partial charge in [-0.15, -0.1) is 0 Å². The zero-order valence-corrected chi connectivity index (χ0v) is 13.7. The molecule has 0 radical (unpaired) electrons. The number of nitrogens with zero attached hydrogens (tertiary/aromatic N) is 4. The van der Waals surface area contributed by atoms with E-state index >= 15 is 0 Å². The Hall–Kier alpha value is -3.61. The number of aliphatic imine (C=N–C) groups is 1. The van der Waals surface area contributed by atoms with Gasteiger partial charge in [0.05, 0.1) is 23.3 Å². The van der Waals surface area contributed by atoms with Crippen LogP contribution in [0, 0.1) is 0 Å². The third-order valence-corrected chi connectivity index (χ3v) is 4.45. The van der Waals surface area contributed by atoms with Crippen molar-refractivity contribution in [2.45, 2.75) is 12.8 Å². The highest BCUT2D eigenvalue weighted by Gasteiger charge is 2.20. The molecule has 0 saturated carbocycles. The van der Waals surface area contributed by atoms with Gasteiger partial charge < -0.3 is 9.97 Å². The normalized spacial score (nSPS) is 13.0. The third kappa shape index (κ3) is 2.41. The van der Waals surface area contributed by atoms with Crippen molar-refractivity contribution in [1.82, 2.24) is 24.9 Å². The van der Waals surface area contributed by atoms with Crippen molar-refractivity contribution in [3.63, 3.8) is 0 Å². The predicted molar refractivity (Wildman–Crippen MR) is 97.9 cm³/mol. The molecular weight excluding hydrogens is 328 g/mol. The van der Waals surface area contributed by atoms with E-state index in [0.717, 1.165) is 29.0 Å². The molecule has 26 heavy (non-hydrogen) atoms. The summed E-state index contributed by atoms with van der Waals surface area (Å²) in [5.41, 5.74) is 4.70. The molecular formula is C19H14N6O. The number of pyridine rings is 3. The molecule has 4 aromatic heterocycles. The third-order valence-electron chi connectivity index (χ3n) is 4.45. The van der Waals surface area contributed by atoms with Crippen LogP contribution < -0.4 is 5.56 Å². The van der Waals surface area contributed by atoms with Gasteiger partial charge in [0.2, 0.25) is 0 Å². The molecule has 2 N–H and O–H groups in total. The van der Waals surface area contributed by atoms with Crippen LogP contribution in [0.1, 0.15) is 22.6 Å². The van der Waals surface area contributed by atoms with Gasteiger partial charge in [0.25, 0.3) is 5.56 Å². The van der Waals surface area contributed by atoms with Crippen molar-refractivity contribution >= 4 is 22.6 Å². The average Bonchev–Trinajstić information content (AvgIpc) is 3.00. The van der Waals surface area contributed by atoms with Crippen LogP contribution >= 0.6 is 0 Å². The van der Waals surface area contributed by atoms with Gasteiger partial charge in [-0.3, -0.25) is 9.78 Å². The Morgan fingerprint density at radius 1 is 1.04 bits per heavy atom. The van der Waals surface area contributed by atoms with Crippen LogP contribution in [-0.2, 0) is 12.8 Å². The molecule has 0 amide bonds. The molecule has 0 spiro atoms. The second-order valence-electron chi connectivity index (χ2n) is 6.16. The van der Waals surface area contributed by atoms with Crippen molar-refractivity contribution < 1.29 is 0 Å². The molecule has 126 valence electrons. The summed E-state index contributed by atoms with van der Waals surface area (Å²) in [4.78, 5) is 35.9. The van der Waals surface area contributed by atoms with Gasteiger partial charge in [0.15, 0.2) is 11.3 Å². The Kier molecular flexibility index (Phi) is 3.24. The standard InChI is InChI=1S/C19H14N6O/c26-19-17-13(5-8-22-19)23-15(25-17)10-14-16-11(3-1-6-20-16)9-12-4-2-7-21-18(12)24-14/h1-8H,9-10H2,(H,22,26)(H,23,25). The van der Waals surface area contributed by atoms with E-state index in [0.29, 0.717) is 29.1 Å². The zero-order valence-electron chi connectivity index (χ0n) is 13.7. The fourth-order valence-electron chi connectivity index (χ4n) is 3.26. The maximum Gasteiger partial charge on any atom is 0.276 e. The van der Waals surface area contributed by atoms with Gasteiger partial charge in [0.1, 0.15) is 5.82 Å². The first kappa shape index (κ1) is 14.7. The predicted octanol–water partition coefficient (Wildman–Crippen LogP) is 2.31. The number of hydrogen-bond acceptors (Lipinski definition) is 5. The quantitative estimate of drug-likeness (QED) is 0.584.